The van der Waals surface area contributed by atoms with Gasteiger partial charge in [0.15, 0.2) is 0 Å². The molecule has 0 bridgehead atoms. The monoisotopic (exact) mass is 361 g/mol. The summed E-state index contributed by atoms with van der Waals surface area (Å²) in [6, 6.07) is 8.20. The zero-order chi connectivity index (χ0) is 15.9. The number of nitrogens with zero attached hydrogens (tertiary/aromatic N) is 3. The maximum Gasteiger partial charge on any atom is 0.257 e. The van der Waals surface area contributed by atoms with Crippen LogP contribution in [0.15, 0.2) is 34.9 Å². The molecule has 2 aromatic rings. The number of hydrogen-bond donors (Lipinski definition) is 0. The van der Waals surface area contributed by atoms with Crippen LogP contribution in [0.1, 0.15) is 35.8 Å². The number of halogens is 1. The molecule has 0 aliphatic heterocycles. The predicted octanol–water partition coefficient (Wildman–Crippen LogP) is 3.81. The van der Waals surface area contributed by atoms with Crippen molar-refractivity contribution in [2.45, 2.75) is 32.7 Å². The number of hydrogen-bond acceptors (Lipinski definition) is 2. The molecule has 1 aromatic heterocycles. The largest absolute Gasteiger partial charge is 0.339 e. The molecule has 3 rings (SSSR count). The Morgan fingerprint density at radius 3 is 2.59 bits per heavy atom. The molecule has 5 heteroatoms. The van der Waals surface area contributed by atoms with Crippen molar-refractivity contribution in [3.63, 3.8) is 0 Å². The summed E-state index contributed by atoms with van der Waals surface area (Å²) in [5.41, 5.74) is 2.51. The van der Waals surface area contributed by atoms with Crippen molar-refractivity contribution in [1.82, 2.24) is 14.7 Å². The Morgan fingerprint density at radius 1 is 1.36 bits per heavy atom. The molecule has 1 saturated carbocycles. The van der Waals surface area contributed by atoms with Gasteiger partial charge in [-0.3, -0.25) is 4.79 Å². The first kappa shape index (κ1) is 15.3. The van der Waals surface area contributed by atoms with Gasteiger partial charge in [0.1, 0.15) is 0 Å². The van der Waals surface area contributed by atoms with Gasteiger partial charge in [0, 0.05) is 17.6 Å². The number of rotatable bonds is 4. The lowest BCUT2D eigenvalue weighted by Crippen LogP contribution is -2.36. The Hall–Kier alpha value is -1.62. The second kappa shape index (κ2) is 5.88. The van der Waals surface area contributed by atoms with Crippen LogP contribution >= 0.6 is 15.9 Å². The molecule has 1 amide bonds. The third-order valence-electron chi connectivity index (χ3n) is 4.55. The van der Waals surface area contributed by atoms with Gasteiger partial charge in [0.25, 0.3) is 5.91 Å². The van der Waals surface area contributed by atoms with E-state index in [-0.39, 0.29) is 5.91 Å². The van der Waals surface area contributed by atoms with E-state index in [9.17, 15) is 4.79 Å². The van der Waals surface area contributed by atoms with Crippen LogP contribution in [0.25, 0.3) is 5.69 Å². The van der Waals surface area contributed by atoms with Gasteiger partial charge in [-0.2, -0.15) is 5.10 Å². The summed E-state index contributed by atoms with van der Waals surface area (Å²) in [6.45, 7) is 4.07. The van der Waals surface area contributed by atoms with Gasteiger partial charge in [-0.25, -0.2) is 4.68 Å². The fraction of sp³-hybridized carbons (Fsp3) is 0.412. The quantitative estimate of drug-likeness (QED) is 0.830. The minimum absolute atomic E-state index is 0.0558. The van der Waals surface area contributed by atoms with Gasteiger partial charge in [0.2, 0.25) is 0 Å². The van der Waals surface area contributed by atoms with Crippen molar-refractivity contribution in [3.8, 4) is 5.69 Å². The molecule has 1 aliphatic carbocycles. The standard InChI is InChI=1S/C17H20BrN3O/c1-11(13-4-5-13)20(3)17(22)16-10-19-21(12(16)2)15-8-6-14(18)7-9-15/h6-11,13H,4-5H2,1-3H3/t11-/m0/s1. The molecule has 0 spiro atoms. The fourth-order valence-corrected chi connectivity index (χ4v) is 3.00. The topological polar surface area (TPSA) is 38.1 Å². The van der Waals surface area contributed by atoms with E-state index in [0.717, 1.165) is 15.9 Å². The molecule has 116 valence electrons. The Labute approximate surface area is 139 Å². The van der Waals surface area contributed by atoms with Crippen molar-refractivity contribution < 1.29 is 4.79 Å². The zero-order valence-corrected chi connectivity index (χ0v) is 14.7. The molecule has 1 aromatic carbocycles. The van der Waals surface area contributed by atoms with E-state index in [4.69, 9.17) is 0 Å². The van der Waals surface area contributed by atoms with Crippen molar-refractivity contribution in [3.05, 3.63) is 46.2 Å². The smallest absolute Gasteiger partial charge is 0.257 e. The van der Waals surface area contributed by atoms with Gasteiger partial charge in [-0.1, -0.05) is 15.9 Å². The molecular weight excluding hydrogens is 342 g/mol. The van der Waals surface area contributed by atoms with Crippen LogP contribution in [0.3, 0.4) is 0 Å². The normalized spacial score (nSPS) is 15.6. The molecule has 1 atom stereocenters. The highest BCUT2D eigenvalue weighted by atomic mass is 79.9. The number of carbonyl (C=O) groups excluding carboxylic acids is 1. The van der Waals surface area contributed by atoms with E-state index in [0.29, 0.717) is 17.5 Å². The van der Waals surface area contributed by atoms with Crippen LogP contribution in [0, 0.1) is 12.8 Å². The van der Waals surface area contributed by atoms with E-state index < -0.39 is 0 Å². The van der Waals surface area contributed by atoms with Crippen LogP contribution < -0.4 is 0 Å². The second-order valence-corrected chi connectivity index (χ2v) is 6.94. The molecule has 1 fully saturated rings. The third kappa shape index (κ3) is 2.82. The van der Waals surface area contributed by atoms with E-state index in [1.165, 1.54) is 12.8 Å². The van der Waals surface area contributed by atoms with Gasteiger partial charge < -0.3 is 4.90 Å². The SMILES string of the molecule is Cc1c(C(=O)N(C)[C@@H](C)C2CC2)cnn1-c1ccc(Br)cc1. The maximum absolute atomic E-state index is 12.7. The molecule has 0 radical (unpaired) electrons. The van der Waals surface area contributed by atoms with E-state index in [2.05, 4.69) is 28.0 Å². The minimum atomic E-state index is 0.0558. The summed E-state index contributed by atoms with van der Waals surface area (Å²) in [5, 5.41) is 4.39. The van der Waals surface area contributed by atoms with Gasteiger partial charge in [-0.15, -0.1) is 0 Å². The number of amides is 1. The van der Waals surface area contributed by atoms with Gasteiger partial charge in [0.05, 0.1) is 23.1 Å². The maximum atomic E-state index is 12.7. The molecule has 22 heavy (non-hydrogen) atoms. The molecule has 0 saturated heterocycles. The van der Waals surface area contributed by atoms with Gasteiger partial charge in [-0.05, 0) is 56.9 Å². The van der Waals surface area contributed by atoms with Gasteiger partial charge >= 0.3 is 0 Å². The first-order chi connectivity index (χ1) is 10.5. The van der Waals surface area contributed by atoms with Crippen molar-refractivity contribution >= 4 is 21.8 Å². The molecule has 1 aliphatic rings. The first-order valence-electron chi connectivity index (χ1n) is 7.56. The van der Waals surface area contributed by atoms with E-state index in [1.807, 2.05) is 47.8 Å². The molecule has 4 nitrogen and oxygen atoms in total. The van der Waals surface area contributed by atoms with Crippen LogP contribution in [0.4, 0.5) is 0 Å². The summed E-state index contributed by atoms with van der Waals surface area (Å²) >= 11 is 3.43. The third-order valence-corrected chi connectivity index (χ3v) is 5.08. The van der Waals surface area contributed by atoms with E-state index in [1.54, 1.807) is 6.20 Å². The molecule has 0 N–H and O–H groups in total. The lowest BCUT2D eigenvalue weighted by molar-refractivity contribution is 0.0726. The summed E-state index contributed by atoms with van der Waals surface area (Å²) in [4.78, 5) is 14.6. The number of aromatic nitrogens is 2. The minimum Gasteiger partial charge on any atom is -0.339 e. The van der Waals surface area contributed by atoms with Crippen LogP contribution in [-0.2, 0) is 0 Å². The average molecular weight is 362 g/mol. The Balaban J connectivity index is 1.86. The fourth-order valence-electron chi connectivity index (χ4n) is 2.73. The predicted molar refractivity (Wildman–Crippen MR) is 90.3 cm³/mol. The Bertz CT molecular complexity index is 688. The summed E-state index contributed by atoms with van der Waals surface area (Å²) < 4.78 is 2.84. The van der Waals surface area contributed by atoms with E-state index >= 15 is 0 Å². The van der Waals surface area contributed by atoms with Crippen LogP contribution in [0.2, 0.25) is 0 Å². The number of benzene rings is 1. The Kier molecular flexibility index (Phi) is 4.08. The van der Waals surface area contributed by atoms with Crippen molar-refractivity contribution in [2.24, 2.45) is 5.92 Å². The molecule has 1 heterocycles. The zero-order valence-electron chi connectivity index (χ0n) is 13.1. The first-order valence-corrected chi connectivity index (χ1v) is 8.36. The Morgan fingerprint density at radius 2 is 2.00 bits per heavy atom. The highest BCUT2D eigenvalue weighted by Crippen LogP contribution is 2.35. The highest BCUT2D eigenvalue weighted by Gasteiger charge is 2.33. The summed E-state index contributed by atoms with van der Waals surface area (Å²) in [6.07, 6.45) is 4.14. The summed E-state index contributed by atoms with van der Waals surface area (Å²) in [5.74, 6) is 0.719. The lowest BCUT2D eigenvalue weighted by Gasteiger charge is -2.24. The summed E-state index contributed by atoms with van der Waals surface area (Å²) in [7, 11) is 1.89. The van der Waals surface area contributed by atoms with Crippen LogP contribution in [-0.4, -0.2) is 33.7 Å². The lowest BCUT2D eigenvalue weighted by atomic mass is 10.1. The van der Waals surface area contributed by atoms with Crippen LogP contribution in [0.5, 0.6) is 0 Å². The second-order valence-electron chi connectivity index (χ2n) is 6.03. The highest BCUT2D eigenvalue weighted by molar-refractivity contribution is 9.10. The molecule has 0 unspecified atom stereocenters. The van der Waals surface area contributed by atoms with Crippen molar-refractivity contribution in [1.29, 1.82) is 0 Å². The number of carbonyl (C=O) groups is 1. The average Bonchev–Trinajstić information content (AvgIpc) is 3.29. The van der Waals surface area contributed by atoms with Crippen molar-refractivity contribution in [2.75, 3.05) is 7.05 Å². The molecular formula is C17H20BrN3O.